The molecule has 0 bridgehead atoms. The molecule has 5 N–H and O–H groups in total. The molecule has 2 aliphatic rings. The van der Waals surface area contributed by atoms with Crippen molar-refractivity contribution in [2.24, 2.45) is 5.73 Å². The summed E-state index contributed by atoms with van der Waals surface area (Å²) in [5.74, 6) is 1.45. The molecule has 2 aliphatic heterocycles. The van der Waals surface area contributed by atoms with Crippen LogP contribution in [0.5, 0.6) is 0 Å². The molecule has 10 heteroatoms. The zero-order valence-electron chi connectivity index (χ0n) is 26.4. The van der Waals surface area contributed by atoms with Gasteiger partial charge >= 0.3 is 0 Å². The minimum atomic E-state index is -0.741. The van der Waals surface area contributed by atoms with Crippen LogP contribution in [0, 0.1) is 0 Å². The number of aromatic amines is 2. The lowest BCUT2D eigenvalue weighted by atomic mass is 9.98. The predicted molar refractivity (Wildman–Crippen MR) is 185 cm³/mol. The van der Waals surface area contributed by atoms with E-state index in [1.54, 1.807) is 4.90 Å². The molecule has 8 rings (SSSR count). The van der Waals surface area contributed by atoms with E-state index in [1.807, 2.05) is 42.7 Å². The van der Waals surface area contributed by atoms with Crippen LogP contribution in [-0.2, 0) is 14.3 Å². The molecule has 2 saturated heterocycles. The van der Waals surface area contributed by atoms with Crippen LogP contribution >= 0.6 is 0 Å². The summed E-state index contributed by atoms with van der Waals surface area (Å²) < 4.78 is 11.4. The number of hydrogen-bond acceptors (Lipinski definition) is 7. The maximum absolute atomic E-state index is 13.4. The smallest absolute Gasteiger partial charge is 0.244 e. The van der Waals surface area contributed by atoms with Crippen LogP contribution < -0.4 is 11.1 Å². The first-order valence-corrected chi connectivity index (χ1v) is 16.4. The van der Waals surface area contributed by atoms with Crippen molar-refractivity contribution >= 4 is 16.7 Å². The maximum atomic E-state index is 13.4. The topological polar surface area (TPSA) is 134 Å². The number of nitrogens with one attached hydrogen (secondary N) is 3. The summed E-state index contributed by atoms with van der Waals surface area (Å²) in [6.07, 6.45) is 3.71. The van der Waals surface area contributed by atoms with Gasteiger partial charge in [0, 0.05) is 18.7 Å². The van der Waals surface area contributed by atoms with E-state index in [1.165, 1.54) is 5.39 Å². The molecule has 2 fully saturated rings. The second-order valence-corrected chi connectivity index (χ2v) is 12.3. The van der Waals surface area contributed by atoms with Gasteiger partial charge in [0.25, 0.3) is 0 Å². The van der Waals surface area contributed by atoms with Crippen LogP contribution in [0.3, 0.4) is 0 Å². The minimum absolute atomic E-state index is 0.0920. The molecule has 242 valence electrons. The maximum Gasteiger partial charge on any atom is 0.244 e. The number of H-pyrrole nitrogens is 2. The summed E-state index contributed by atoms with van der Waals surface area (Å²) in [6.45, 7) is 3.47. The van der Waals surface area contributed by atoms with Gasteiger partial charge in [-0.05, 0) is 45.2 Å². The highest BCUT2D eigenvalue weighted by Crippen LogP contribution is 2.31. The van der Waals surface area contributed by atoms with Crippen molar-refractivity contribution in [2.45, 2.75) is 18.1 Å². The van der Waals surface area contributed by atoms with Crippen molar-refractivity contribution in [3.63, 3.8) is 0 Å². The van der Waals surface area contributed by atoms with Crippen LogP contribution in [0.2, 0.25) is 0 Å². The van der Waals surface area contributed by atoms with Crippen molar-refractivity contribution in [1.82, 2.24) is 30.2 Å². The van der Waals surface area contributed by atoms with E-state index in [4.69, 9.17) is 15.2 Å². The van der Waals surface area contributed by atoms with E-state index in [-0.39, 0.29) is 18.0 Å². The van der Waals surface area contributed by atoms with Crippen LogP contribution in [0.25, 0.3) is 44.4 Å². The summed E-state index contributed by atoms with van der Waals surface area (Å²) in [5.41, 5.74) is 13.4. The summed E-state index contributed by atoms with van der Waals surface area (Å²) in [4.78, 5) is 31.4. The lowest BCUT2D eigenvalue weighted by molar-refractivity contribution is -0.142. The molecule has 0 spiro atoms. The monoisotopic (exact) mass is 639 g/mol. The first kappa shape index (κ1) is 30.2. The summed E-state index contributed by atoms with van der Waals surface area (Å²) >= 11 is 0. The number of ether oxygens (including phenoxy) is 2. The van der Waals surface area contributed by atoms with Crippen LogP contribution in [0.4, 0.5) is 0 Å². The Morgan fingerprint density at radius 1 is 0.750 bits per heavy atom. The lowest BCUT2D eigenvalue weighted by Gasteiger charge is -2.36. The first-order valence-electron chi connectivity index (χ1n) is 16.4. The van der Waals surface area contributed by atoms with E-state index in [0.29, 0.717) is 32.2 Å². The molecule has 10 nitrogen and oxygen atoms in total. The third kappa shape index (κ3) is 6.02. The third-order valence-electron chi connectivity index (χ3n) is 9.28. The minimum Gasteiger partial charge on any atom is -0.378 e. The summed E-state index contributed by atoms with van der Waals surface area (Å²) in [5, 5.41) is 5.78. The van der Waals surface area contributed by atoms with E-state index < -0.39 is 6.04 Å². The SMILES string of the molecule is N[C@@H](C(=O)N1CCOC[C@H]1c1ncc(-c2ccc(-c3ccc4cc(-c5cnc([C@@H]6COCCN6)[nH]5)ccc4c3)cc2)[nH]1)c1ccccc1. The Bertz CT molecular complexity index is 2030. The molecule has 4 aromatic carbocycles. The van der Waals surface area contributed by atoms with Crippen LogP contribution in [0.1, 0.15) is 35.3 Å². The zero-order valence-corrected chi connectivity index (χ0v) is 26.4. The van der Waals surface area contributed by atoms with Gasteiger partial charge in [-0.25, -0.2) is 9.97 Å². The molecule has 0 aliphatic carbocycles. The van der Waals surface area contributed by atoms with Crippen molar-refractivity contribution in [3.8, 4) is 33.6 Å². The average Bonchev–Trinajstić information content (AvgIpc) is 3.86. The fourth-order valence-corrected chi connectivity index (χ4v) is 6.56. The molecule has 0 radical (unpaired) electrons. The highest BCUT2D eigenvalue weighted by Gasteiger charge is 2.34. The van der Waals surface area contributed by atoms with Crippen molar-refractivity contribution in [1.29, 1.82) is 0 Å². The quantitative estimate of drug-likeness (QED) is 0.180. The highest BCUT2D eigenvalue weighted by molar-refractivity contribution is 5.90. The number of fused-ring (bicyclic) bond motifs is 1. The van der Waals surface area contributed by atoms with Crippen molar-refractivity contribution in [3.05, 3.63) is 121 Å². The highest BCUT2D eigenvalue weighted by atomic mass is 16.5. The number of amides is 1. The number of carbonyl (C=O) groups is 1. The third-order valence-corrected chi connectivity index (χ3v) is 9.28. The van der Waals surface area contributed by atoms with Crippen molar-refractivity contribution in [2.75, 3.05) is 39.5 Å². The molecule has 0 saturated carbocycles. The largest absolute Gasteiger partial charge is 0.378 e. The fraction of sp³-hybridized carbons (Fsp3) is 0.237. The van der Waals surface area contributed by atoms with Gasteiger partial charge in [0.15, 0.2) is 0 Å². The zero-order chi connectivity index (χ0) is 32.5. The number of nitrogens with two attached hydrogens (primary N) is 1. The summed E-state index contributed by atoms with van der Waals surface area (Å²) in [7, 11) is 0. The number of hydrogen-bond donors (Lipinski definition) is 4. The van der Waals surface area contributed by atoms with Gasteiger partial charge in [-0.3, -0.25) is 4.79 Å². The van der Waals surface area contributed by atoms with Gasteiger partial charge in [-0.15, -0.1) is 0 Å². The van der Waals surface area contributed by atoms with Crippen molar-refractivity contribution < 1.29 is 14.3 Å². The van der Waals surface area contributed by atoms with E-state index in [9.17, 15) is 4.79 Å². The van der Waals surface area contributed by atoms with Crippen LogP contribution in [0.15, 0.2) is 103 Å². The number of morpholine rings is 2. The Morgan fingerprint density at radius 2 is 1.40 bits per heavy atom. The second kappa shape index (κ2) is 13.2. The Labute approximate surface area is 278 Å². The lowest BCUT2D eigenvalue weighted by Crippen LogP contribution is -2.47. The Balaban J connectivity index is 0.972. The molecule has 0 unspecified atom stereocenters. The van der Waals surface area contributed by atoms with E-state index in [0.717, 1.165) is 63.6 Å². The molecular weight excluding hydrogens is 602 g/mol. The van der Waals surface area contributed by atoms with Gasteiger partial charge in [0.05, 0.1) is 56.3 Å². The number of benzene rings is 4. The Morgan fingerprint density at radius 3 is 2.17 bits per heavy atom. The number of carbonyl (C=O) groups excluding carboxylic acids is 1. The predicted octanol–water partition coefficient (Wildman–Crippen LogP) is 5.55. The molecular formula is C38H37N7O3. The van der Waals surface area contributed by atoms with Gasteiger partial charge in [-0.2, -0.15) is 0 Å². The molecule has 48 heavy (non-hydrogen) atoms. The Hall–Kier alpha value is -5.13. The standard InChI is InChI=1S/C38H37N7O3/c39-35(26-4-2-1-3-5-26)38(46)45-15-17-48-23-34(45)37-42-20-31(44-37)25-8-6-24(7-9-25)27-10-11-29-19-30(13-12-28(29)18-27)32-21-41-36(43-32)33-22-47-16-14-40-33/h1-13,18-21,33-35,40H,14-17,22-23,39H2,(H,41,43)(H,42,44)/t33-,34-,35+/m0/s1. The average molecular weight is 640 g/mol. The number of rotatable bonds is 7. The molecule has 1 amide bonds. The molecule has 6 aromatic rings. The van der Waals surface area contributed by atoms with E-state index in [2.05, 4.69) is 85.9 Å². The normalized spacial score (nSPS) is 19.0. The second-order valence-electron chi connectivity index (χ2n) is 12.3. The number of imidazole rings is 2. The molecule has 4 heterocycles. The molecule has 3 atom stereocenters. The number of aromatic nitrogens is 4. The summed E-state index contributed by atoms with van der Waals surface area (Å²) in [6, 6.07) is 29.9. The molecule has 2 aromatic heterocycles. The van der Waals surface area contributed by atoms with Gasteiger partial charge < -0.3 is 35.4 Å². The van der Waals surface area contributed by atoms with Crippen LogP contribution in [-0.4, -0.2) is 70.3 Å². The first-order chi connectivity index (χ1) is 23.6. The van der Waals surface area contributed by atoms with Gasteiger partial charge in [-0.1, -0.05) is 78.9 Å². The van der Waals surface area contributed by atoms with Gasteiger partial charge in [0.2, 0.25) is 5.91 Å². The van der Waals surface area contributed by atoms with E-state index >= 15 is 0 Å². The number of nitrogens with zero attached hydrogens (tertiary/aromatic N) is 3. The Kier molecular flexibility index (Phi) is 8.29. The van der Waals surface area contributed by atoms with Gasteiger partial charge in [0.1, 0.15) is 23.7 Å². The fourth-order valence-electron chi connectivity index (χ4n) is 6.56.